The van der Waals surface area contributed by atoms with Gasteiger partial charge in [0.1, 0.15) is 0 Å². The summed E-state index contributed by atoms with van der Waals surface area (Å²) in [5, 5.41) is 0. The zero-order valence-electron chi connectivity index (χ0n) is 7.52. The van der Waals surface area contributed by atoms with Crippen molar-refractivity contribution in [3.8, 4) is 0 Å². The molecular formula is C7H17BrO2Si. The molecule has 0 heterocycles. The van der Waals surface area contributed by atoms with E-state index in [2.05, 4.69) is 29.8 Å². The van der Waals surface area contributed by atoms with Gasteiger partial charge in [-0.2, -0.15) is 0 Å². The number of hydrogen-bond donors (Lipinski definition) is 0. The number of rotatable bonds is 6. The van der Waals surface area contributed by atoms with Gasteiger partial charge >= 0.3 is 8.56 Å². The van der Waals surface area contributed by atoms with E-state index in [1.165, 1.54) is 0 Å². The van der Waals surface area contributed by atoms with Gasteiger partial charge in [-0.25, -0.2) is 0 Å². The summed E-state index contributed by atoms with van der Waals surface area (Å²) in [4.78, 5) is 0. The van der Waals surface area contributed by atoms with E-state index in [1.807, 2.05) is 0 Å². The van der Waals surface area contributed by atoms with Crippen molar-refractivity contribution in [2.75, 3.05) is 12.6 Å². The van der Waals surface area contributed by atoms with E-state index in [9.17, 15) is 0 Å². The van der Waals surface area contributed by atoms with Crippen molar-refractivity contribution in [1.82, 2.24) is 0 Å². The third-order valence-electron chi connectivity index (χ3n) is 1.86. The molecule has 68 valence electrons. The van der Waals surface area contributed by atoms with Crippen LogP contribution in [0.15, 0.2) is 0 Å². The van der Waals surface area contributed by atoms with E-state index >= 15 is 0 Å². The molecule has 0 fully saturated rings. The third-order valence-corrected chi connectivity index (χ3v) is 6.26. The predicted octanol–water partition coefficient (Wildman–Crippen LogP) is 2.87. The zero-order valence-corrected chi connectivity index (χ0v) is 10.1. The largest absolute Gasteiger partial charge is 0.398 e. The van der Waals surface area contributed by atoms with Crippen molar-refractivity contribution in [2.45, 2.75) is 32.4 Å². The average molecular weight is 241 g/mol. The van der Waals surface area contributed by atoms with Crippen LogP contribution < -0.4 is 0 Å². The summed E-state index contributed by atoms with van der Waals surface area (Å²) in [6.07, 6.45) is 1.14. The van der Waals surface area contributed by atoms with Crippen molar-refractivity contribution in [3.05, 3.63) is 0 Å². The second kappa shape index (κ2) is 6.17. The minimum atomic E-state index is -1.79. The van der Waals surface area contributed by atoms with Crippen LogP contribution in [0.1, 0.15) is 20.3 Å². The molecule has 2 nitrogen and oxygen atoms in total. The van der Waals surface area contributed by atoms with Crippen LogP contribution in [0.3, 0.4) is 0 Å². The van der Waals surface area contributed by atoms with Crippen molar-refractivity contribution < 1.29 is 8.85 Å². The highest BCUT2D eigenvalue weighted by Gasteiger charge is 2.32. The van der Waals surface area contributed by atoms with Gasteiger partial charge in [0.15, 0.2) is 0 Å². The summed E-state index contributed by atoms with van der Waals surface area (Å²) in [5.74, 6) is 0. The molecule has 0 aromatic heterocycles. The van der Waals surface area contributed by atoms with Crippen LogP contribution in [0, 0.1) is 0 Å². The Kier molecular flexibility index (Phi) is 6.51. The quantitative estimate of drug-likeness (QED) is 0.526. The van der Waals surface area contributed by atoms with E-state index in [4.69, 9.17) is 8.85 Å². The number of alkyl halides is 1. The molecule has 4 heteroatoms. The highest BCUT2D eigenvalue weighted by molar-refractivity contribution is 9.09. The van der Waals surface area contributed by atoms with E-state index in [0.717, 1.165) is 18.5 Å². The number of halogens is 1. The minimum absolute atomic E-state index is 0.598. The van der Waals surface area contributed by atoms with Crippen LogP contribution in [0.5, 0.6) is 0 Å². The summed E-state index contributed by atoms with van der Waals surface area (Å²) in [6.45, 7) is 4.29. The second-order valence-electron chi connectivity index (χ2n) is 2.47. The minimum Gasteiger partial charge on any atom is -0.398 e. The Bertz CT molecular complexity index is 88.4. The van der Waals surface area contributed by atoms with Crippen LogP contribution in [-0.2, 0) is 8.85 Å². The second-order valence-corrected chi connectivity index (χ2v) is 6.66. The monoisotopic (exact) mass is 240 g/mol. The van der Waals surface area contributed by atoms with Crippen LogP contribution in [0.2, 0.25) is 12.1 Å². The van der Waals surface area contributed by atoms with Crippen molar-refractivity contribution in [3.63, 3.8) is 0 Å². The van der Waals surface area contributed by atoms with Gasteiger partial charge in [-0.1, -0.05) is 36.2 Å². The highest BCUT2D eigenvalue weighted by atomic mass is 79.9. The molecule has 11 heavy (non-hydrogen) atoms. The molecular weight excluding hydrogens is 224 g/mol. The van der Waals surface area contributed by atoms with Crippen molar-refractivity contribution >= 4 is 24.5 Å². The SMILES string of the molecule is CCC[Si](CC)(OC)OCBr. The summed E-state index contributed by atoms with van der Waals surface area (Å²) >= 11 is 3.27. The Morgan fingerprint density at radius 2 is 2.00 bits per heavy atom. The lowest BCUT2D eigenvalue weighted by molar-refractivity contribution is 0.235. The molecule has 0 N–H and O–H groups in total. The Labute approximate surface area is 78.7 Å². The van der Waals surface area contributed by atoms with E-state index in [-0.39, 0.29) is 0 Å². The molecule has 0 rings (SSSR count). The van der Waals surface area contributed by atoms with Gasteiger partial charge in [-0.05, 0) is 12.1 Å². The first-order chi connectivity index (χ1) is 5.24. The maximum atomic E-state index is 5.60. The molecule has 0 aromatic carbocycles. The van der Waals surface area contributed by atoms with Gasteiger partial charge < -0.3 is 8.85 Å². The van der Waals surface area contributed by atoms with Gasteiger partial charge in [0.2, 0.25) is 0 Å². The van der Waals surface area contributed by atoms with Crippen LogP contribution in [0.25, 0.3) is 0 Å². The smallest absolute Gasteiger partial charge is 0.338 e. The summed E-state index contributed by atoms with van der Waals surface area (Å²) in [6, 6.07) is 2.12. The zero-order chi connectivity index (χ0) is 8.74. The first kappa shape index (κ1) is 11.6. The van der Waals surface area contributed by atoms with Crippen LogP contribution in [-0.4, -0.2) is 21.2 Å². The van der Waals surface area contributed by atoms with E-state index < -0.39 is 8.56 Å². The Morgan fingerprint density at radius 1 is 1.36 bits per heavy atom. The molecule has 0 aliphatic rings. The van der Waals surface area contributed by atoms with E-state index in [0.29, 0.717) is 5.52 Å². The van der Waals surface area contributed by atoms with Crippen LogP contribution >= 0.6 is 15.9 Å². The third kappa shape index (κ3) is 3.69. The summed E-state index contributed by atoms with van der Waals surface area (Å²) in [7, 11) is -0.0323. The maximum absolute atomic E-state index is 5.60. The molecule has 1 atom stereocenters. The van der Waals surface area contributed by atoms with Gasteiger partial charge in [0, 0.05) is 7.11 Å². The molecule has 0 amide bonds. The van der Waals surface area contributed by atoms with Gasteiger partial charge in [-0.15, -0.1) is 0 Å². The lowest BCUT2D eigenvalue weighted by atomic mass is 10.6. The molecule has 0 spiro atoms. The van der Waals surface area contributed by atoms with Crippen molar-refractivity contribution in [1.29, 1.82) is 0 Å². The molecule has 0 aliphatic carbocycles. The standard InChI is InChI=1S/C7H17BrO2Si/c1-4-6-11(5-2,9-3)10-7-8/h4-7H2,1-3H3. The number of hydrogen-bond acceptors (Lipinski definition) is 2. The Balaban J connectivity index is 3.96. The molecule has 0 aliphatic heterocycles. The lowest BCUT2D eigenvalue weighted by Crippen LogP contribution is -2.39. The first-order valence-corrected chi connectivity index (χ1v) is 7.35. The van der Waals surface area contributed by atoms with Crippen molar-refractivity contribution in [2.24, 2.45) is 0 Å². The van der Waals surface area contributed by atoms with E-state index in [1.54, 1.807) is 7.11 Å². The predicted molar refractivity (Wildman–Crippen MR) is 53.2 cm³/mol. The van der Waals surface area contributed by atoms with Gasteiger partial charge in [-0.3, -0.25) is 0 Å². The highest BCUT2D eigenvalue weighted by Crippen LogP contribution is 2.20. The van der Waals surface area contributed by atoms with Gasteiger partial charge in [0.25, 0.3) is 0 Å². The topological polar surface area (TPSA) is 18.5 Å². The van der Waals surface area contributed by atoms with Gasteiger partial charge in [0.05, 0.1) is 5.52 Å². The lowest BCUT2D eigenvalue weighted by Gasteiger charge is -2.26. The molecule has 1 unspecified atom stereocenters. The average Bonchev–Trinajstić information content (AvgIpc) is 2.04. The fourth-order valence-corrected chi connectivity index (χ4v) is 4.66. The Hall–Kier alpha value is 0.617. The molecule has 0 aromatic rings. The Morgan fingerprint density at radius 3 is 2.27 bits per heavy atom. The summed E-state index contributed by atoms with van der Waals surface area (Å²) < 4.78 is 11.1. The summed E-state index contributed by atoms with van der Waals surface area (Å²) in [5.41, 5.74) is 0.598. The molecule has 0 radical (unpaired) electrons. The van der Waals surface area contributed by atoms with Crippen LogP contribution in [0.4, 0.5) is 0 Å². The molecule has 0 bridgehead atoms. The normalized spacial score (nSPS) is 16.4. The molecule has 0 saturated carbocycles. The molecule has 0 saturated heterocycles. The fourth-order valence-electron chi connectivity index (χ4n) is 1.14. The fraction of sp³-hybridized carbons (Fsp3) is 1.00. The maximum Gasteiger partial charge on any atom is 0.338 e. The first-order valence-electron chi connectivity index (χ1n) is 3.99.